The van der Waals surface area contributed by atoms with Crippen molar-refractivity contribution in [2.24, 2.45) is 5.92 Å². The molecule has 0 spiro atoms. The van der Waals surface area contributed by atoms with Gasteiger partial charge < -0.3 is 19.6 Å². The molecular formula is C19H23NO6. The number of carboxylic acids is 1. The zero-order chi connectivity index (χ0) is 19.6. The topological polar surface area (TPSA) is 106 Å². The van der Waals surface area contributed by atoms with E-state index < -0.39 is 29.6 Å². The van der Waals surface area contributed by atoms with Gasteiger partial charge in [-0.3, -0.25) is 4.79 Å². The van der Waals surface area contributed by atoms with Crippen molar-refractivity contribution in [3.63, 3.8) is 0 Å². The number of carboxylic acid groups (broad SMARTS) is 1. The molecular weight excluding hydrogens is 338 g/mol. The molecule has 1 heterocycles. The quantitative estimate of drug-likeness (QED) is 0.766. The van der Waals surface area contributed by atoms with Gasteiger partial charge in [0.25, 0.3) is 5.91 Å². The van der Waals surface area contributed by atoms with Crippen LogP contribution in [0.15, 0.2) is 27.4 Å². The average Bonchev–Trinajstić information content (AvgIpc) is 2.56. The molecule has 0 saturated carbocycles. The van der Waals surface area contributed by atoms with Gasteiger partial charge in [0.1, 0.15) is 17.4 Å². The Balaban J connectivity index is 2.19. The Bertz CT molecular complexity index is 899. The number of hydrogen-bond acceptors (Lipinski definition) is 5. The molecule has 140 valence electrons. The van der Waals surface area contributed by atoms with E-state index in [2.05, 4.69) is 5.32 Å². The van der Waals surface area contributed by atoms with Gasteiger partial charge in [-0.25, -0.2) is 9.59 Å². The molecule has 0 fully saturated rings. The van der Waals surface area contributed by atoms with Gasteiger partial charge in [-0.05, 0) is 44.4 Å². The van der Waals surface area contributed by atoms with Crippen molar-refractivity contribution >= 4 is 22.8 Å². The van der Waals surface area contributed by atoms with Crippen molar-refractivity contribution in [3.8, 4) is 5.75 Å². The van der Waals surface area contributed by atoms with Crippen LogP contribution in [0.5, 0.6) is 5.75 Å². The Kier molecular flexibility index (Phi) is 5.69. The Hall–Kier alpha value is -2.83. The zero-order valence-electron chi connectivity index (χ0n) is 15.5. The fourth-order valence-electron chi connectivity index (χ4n) is 2.54. The maximum Gasteiger partial charge on any atom is 0.339 e. The minimum Gasteiger partial charge on any atom is -0.481 e. The minimum absolute atomic E-state index is 0.259. The lowest BCUT2D eigenvalue weighted by Crippen LogP contribution is -2.48. The first kappa shape index (κ1) is 19.5. The van der Waals surface area contributed by atoms with Crippen molar-refractivity contribution in [2.45, 2.75) is 46.8 Å². The number of nitrogens with one attached hydrogen (secondary N) is 1. The first-order valence-corrected chi connectivity index (χ1v) is 8.35. The summed E-state index contributed by atoms with van der Waals surface area (Å²) in [4.78, 5) is 35.2. The van der Waals surface area contributed by atoms with E-state index >= 15 is 0 Å². The van der Waals surface area contributed by atoms with Gasteiger partial charge in [-0.15, -0.1) is 0 Å². The molecule has 1 aromatic heterocycles. The number of aryl methyl sites for hydroxylation is 1. The second-order valence-electron chi connectivity index (χ2n) is 6.63. The van der Waals surface area contributed by atoms with Gasteiger partial charge in [-0.1, -0.05) is 13.8 Å². The second kappa shape index (κ2) is 7.59. The highest BCUT2D eigenvalue weighted by Gasteiger charge is 2.26. The molecule has 26 heavy (non-hydrogen) atoms. The molecule has 2 N–H and O–H groups in total. The minimum atomic E-state index is -1.10. The van der Waals surface area contributed by atoms with E-state index in [0.29, 0.717) is 16.9 Å². The maximum absolute atomic E-state index is 12.2. The fourth-order valence-corrected chi connectivity index (χ4v) is 2.54. The SMILES string of the molecule is Cc1c(C)c2ccc(O[C@@H](C)C(=O)N[C@H](C(=O)O)C(C)C)cc2oc1=O. The first-order valence-electron chi connectivity index (χ1n) is 8.35. The molecule has 0 aliphatic heterocycles. The van der Waals surface area contributed by atoms with Crippen LogP contribution in [-0.4, -0.2) is 29.1 Å². The highest BCUT2D eigenvalue weighted by atomic mass is 16.5. The largest absolute Gasteiger partial charge is 0.481 e. The van der Waals surface area contributed by atoms with E-state index in [1.165, 1.54) is 6.92 Å². The third-order valence-electron chi connectivity index (χ3n) is 4.34. The molecule has 0 radical (unpaired) electrons. The van der Waals surface area contributed by atoms with Crippen LogP contribution in [0.1, 0.15) is 31.9 Å². The van der Waals surface area contributed by atoms with E-state index in [-0.39, 0.29) is 5.92 Å². The predicted octanol–water partition coefficient (Wildman–Crippen LogP) is 2.40. The molecule has 1 amide bonds. The van der Waals surface area contributed by atoms with Crippen LogP contribution >= 0.6 is 0 Å². The fraction of sp³-hybridized carbons (Fsp3) is 0.421. The number of rotatable bonds is 6. The van der Waals surface area contributed by atoms with Gasteiger partial charge in [0, 0.05) is 17.0 Å². The lowest BCUT2D eigenvalue weighted by molar-refractivity contribution is -0.144. The molecule has 0 unspecified atom stereocenters. The Morgan fingerprint density at radius 3 is 2.38 bits per heavy atom. The number of benzene rings is 1. The van der Waals surface area contributed by atoms with Crippen LogP contribution in [-0.2, 0) is 9.59 Å². The van der Waals surface area contributed by atoms with Crippen LogP contribution in [0.2, 0.25) is 0 Å². The standard InChI is InChI=1S/C19H23NO6/c1-9(2)16(18(22)23)20-17(21)12(5)25-13-6-7-14-10(3)11(4)19(24)26-15(14)8-13/h6-9,12,16H,1-5H3,(H,20,21)(H,22,23)/t12-,16-/m0/s1. The van der Waals surface area contributed by atoms with Gasteiger partial charge in [0.15, 0.2) is 6.10 Å². The highest BCUT2D eigenvalue weighted by molar-refractivity contribution is 5.87. The van der Waals surface area contributed by atoms with Crippen LogP contribution in [0.4, 0.5) is 0 Å². The molecule has 2 rings (SSSR count). The summed E-state index contributed by atoms with van der Waals surface area (Å²) in [6.45, 7) is 8.48. The summed E-state index contributed by atoms with van der Waals surface area (Å²) in [5.41, 5.74) is 1.33. The summed E-state index contributed by atoms with van der Waals surface area (Å²) < 4.78 is 10.9. The summed E-state index contributed by atoms with van der Waals surface area (Å²) in [5.74, 6) is -1.54. The molecule has 7 heteroatoms. The molecule has 2 atom stereocenters. The van der Waals surface area contributed by atoms with E-state index in [1.807, 2.05) is 6.92 Å². The molecule has 2 aromatic rings. The van der Waals surface area contributed by atoms with Crippen LogP contribution in [0.3, 0.4) is 0 Å². The van der Waals surface area contributed by atoms with Gasteiger partial charge in [0.05, 0.1) is 0 Å². The van der Waals surface area contributed by atoms with E-state index in [9.17, 15) is 14.4 Å². The smallest absolute Gasteiger partial charge is 0.339 e. The summed E-state index contributed by atoms with van der Waals surface area (Å²) in [5, 5.41) is 12.4. The number of fused-ring (bicyclic) bond motifs is 1. The summed E-state index contributed by atoms with van der Waals surface area (Å²) >= 11 is 0. The zero-order valence-corrected chi connectivity index (χ0v) is 15.5. The number of carbonyl (C=O) groups excluding carboxylic acids is 1. The first-order chi connectivity index (χ1) is 12.1. The van der Waals surface area contributed by atoms with Crippen LogP contribution in [0.25, 0.3) is 11.0 Å². The lowest BCUT2D eigenvalue weighted by Gasteiger charge is -2.21. The van der Waals surface area contributed by atoms with Crippen molar-refractivity contribution in [2.75, 3.05) is 0 Å². The number of hydrogen-bond donors (Lipinski definition) is 2. The Morgan fingerprint density at radius 2 is 1.81 bits per heavy atom. The molecule has 1 aromatic carbocycles. The highest BCUT2D eigenvalue weighted by Crippen LogP contribution is 2.24. The van der Waals surface area contributed by atoms with E-state index in [1.54, 1.807) is 39.0 Å². The lowest BCUT2D eigenvalue weighted by atomic mass is 10.0. The van der Waals surface area contributed by atoms with Crippen LogP contribution in [0, 0.1) is 19.8 Å². The van der Waals surface area contributed by atoms with Gasteiger partial charge in [-0.2, -0.15) is 0 Å². The Labute approximate surface area is 151 Å². The van der Waals surface area contributed by atoms with Gasteiger partial charge >= 0.3 is 11.6 Å². The summed E-state index contributed by atoms with van der Waals surface area (Å²) in [6, 6.07) is 3.99. The molecule has 0 saturated heterocycles. The molecule has 7 nitrogen and oxygen atoms in total. The van der Waals surface area contributed by atoms with Crippen molar-refractivity contribution in [3.05, 3.63) is 39.7 Å². The summed E-state index contributed by atoms with van der Waals surface area (Å²) in [6.07, 6.45) is -0.911. The molecule has 0 aliphatic carbocycles. The van der Waals surface area contributed by atoms with E-state index in [4.69, 9.17) is 14.3 Å². The normalized spacial score (nSPS) is 13.5. The van der Waals surface area contributed by atoms with Crippen LogP contribution < -0.4 is 15.7 Å². The third-order valence-corrected chi connectivity index (χ3v) is 4.34. The van der Waals surface area contributed by atoms with E-state index in [0.717, 1.165) is 10.9 Å². The van der Waals surface area contributed by atoms with Crippen molar-refractivity contribution < 1.29 is 23.8 Å². The molecule has 0 aliphatic rings. The average molecular weight is 361 g/mol. The number of carbonyl (C=O) groups is 2. The maximum atomic E-state index is 12.2. The number of ether oxygens (including phenoxy) is 1. The van der Waals surface area contributed by atoms with Gasteiger partial charge in [0.2, 0.25) is 0 Å². The number of aliphatic carboxylic acids is 1. The number of amides is 1. The summed E-state index contributed by atoms with van der Waals surface area (Å²) in [7, 11) is 0. The van der Waals surface area contributed by atoms with Crippen molar-refractivity contribution in [1.82, 2.24) is 5.32 Å². The molecule has 0 bridgehead atoms. The Morgan fingerprint density at radius 1 is 1.15 bits per heavy atom. The predicted molar refractivity (Wildman–Crippen MR) is 96.5 cm³/mol. The van der Waals surface area contributed by atoms with Crippen molar-refractivity contribution in [1.29, 1.82) is 0 Å². The third kappa shape index (κ3) is 4.04. The second-order valence-corrected chi connectivity index (χ2v) is 6.63. The monoisotopic (exact) mass is 361 g/mol.